The molecule has 0 aliphatic rings. The van der Waals surface area contributed by atoms with Crippen LogP contribution in [0.1, 0.15) is 252 Å². The molecule has 0 aromatic heterocycles. The van der Waals surface area contributed by atoms with Crippen LogP contribution in [-0.4, -0.2) is 37.2 Å². The fraction of sp³-hybridized carbons (Fsp3) is 0.935. The van der Waals surface area contributed by atoms with Crippen molar-refractivity contribution in [1.29, 1.82) is 0 Å². The van der Waals surface area contributed by atoms with Gasteiger partial charge < -0.3 is 14.2 Å². The van der Waals surface area contributed by atoms with Crippen molar-refractivity contribution in [2.24, 2.45) is 5.92 Å². The van der Waals surface area contributed by atoms with E-state index in [2.05, 4.69) is 27.7 Å². The Balaban J connectivity index is 4.19. The molecule has 0 spiro atoms. The van der Waals surface area contributed by atoms with Crippen molar-refractivity contribution in [2.75, 3.05) is 13.2 Å². The maximum atomic E-state index is 12.6. The molecule has 0 aliphatic carbocycles. The average Bonchev–Trinajstić information content (AvgIpc) is 3.14. The first-order valence-electron chi connectivity index (χ1n) is 22.9. The molecular formula is C46H88O6. The van der Waals surface area contributed by atoms with E-state index in [1.165, 1.54) is 148 Å². The predicted molar refractivity (Wildman–Crippen MR) is 220 cm³/mol. The van der Waals surface area contributed by atoms with Crippen molar-refractivity contribution >= 4 is 17.9 Å². The van der Waals surface area contributed by atoms with Gasteiger partial charge in [0.15, 0.2) is 6.10 Å². The monoisotopic (exact) mass is 737 g/mol. The minimum Gasteiger partial charge on any atom is -0.462 e. The highest BCUT2D eigenvalue weighted by Gasteiger charge is 2.19. The van der Waals surface area contributed by atoms with Crippen LogP contribution in [0.4, 0.5) is 0 Å². The quantitative estimate of drug-likeness (QED) is 0.0353. The molecule has 0 aromatic carbocycles. The van der Waals surface area contributed by atoms with Crippen molar-refractivity contribution in [3.63, 3.8) is 0 Å². The largest absolute Gasteiger partial charge is 0.462 e. The Morgan fingerprint density at radius 2 is 0.673 bits per heavy atom. The van der Waals surface area contributed by atoms with Gasteiger partial charge in [-0.2, -0.15) is 0 Å². The van der Waals surface area contributed by atoms with Crippen LogP contribution in [0.5, 0.6) is 0 Å². The second-order valence-electron chi connectivity index (χ2n) is 15.9. The molecule has 0 fully saturated rings. The lowest BCUT2D eigenvalue weighted by atomic mass is 10.00. The van der Waals surface area contributed by atoms with Crippen molar-refractivity contribution < 1.29 is 28.6 Å². The van der Waals surface area contributed by atoms with E-state index in [4.69, 9.17) is 14.2 Å². The third kappa shape index (κ3) is 38.1. The van der Waals surface area contributed by atoms with Crippen molar-refractivity contribution in [3.8, 4) is 0 Å². The van der Waals surface area contributed by atoms with Gasteiger partial charge in [0.05, 0.1) is 0 Å². The summed E-state index contributed by atoms with van der Waals surface area (Å²) in [6, 6.07) is 0. The number of hydrogen-bond donors (Lipinski definition) is 0. The molecule has 0 rings (SSSR count). The third-order valence-electron chi connectivity index (χ3n) is 10.7. The van der Waals surface area contributed by atoms with E-state index in [1.807, 2.05) is 0 Å². The highest BCUT2D eigenvalue weighted by atomic mass is 16.6. The van der Waals surface area contributed by atoms with Gasteiger partial charge in [0, 0.05) is 19.3 Å². The summed E-state index contributed by atoms with van der Waals surface area (Å²) in [6.45, 7) is 8.93. The summed E-state index contributed by atoms with van der Waals surface area (Å²) < 4.78 is 16.6. The second kappa shape index (κ2) is 40.6. The van der Waals surface area contributed by atoms with Crippen LogP contribution in [0, 0.1) is 5.92 Å². The van der Waals surface area contributed by atoms with E-state index in [1.54, 1.807) is 0 Å². The van der Waals surface area contributed by atoms with Crippen LogP contribution in [0.15, 0.2) is 0 Å². The number of ether oxygens (including phenoxy) is 3. The summed E-state index contributed by atoms with van der Waals surface area (Å²) >= 11 is 0. The maximum Gasteiger partial charge on any atom is 0.306 e. The number of hydrogen-bond acceptors (Lipinski definition) is 6. The number of esters is 3. The summed E-state index contributed by atoms with van der Waals surface area (Å²) in [5.41, 5.74) is 0. The van der Waals surface area contributed by atoms with E-state index in [9.17, 15) is 14.4 Å². The molecule has 1 unspecified atom stereocenters. The normalized spacial score (nSPS) is 12.5. The first-order valence-corrected chi connectivity index (χ1v) is 22.9. The van der Waals surface area contributed by atoms with Gasteiger partial charge in [0.25, 0.3) is 0 Å². The summed E-state index contributed by atoms with van der Waals surface area (Å²) in [6.07, 6.45) is 39.6. The van der Waals surface area contributed by atoms with Crippen molar-refractivity contribution in [3.05, 3.63) is 0 Å². The molecule has 0 aromatic rings. The summed E-state index contributed by atoms with van der Waals surface area (Å²) in [7, 11) is 0. The summed E-state index contributed by atoms with van der Waals surface area (Å²) in [5, 5.41) is 0. The smallest absolute Gasteiger partial charge is 0.306 e. The maximum absolute atomic E-state index is 12.6. The van der Waals surface area contributed by atoms with Gasteiger partial charge in [-0.15, -0.1) is 0 Å². The van der Waals surface area contributed by atoms with Gasteiger partial charge in [-0.3, -0.25) is 14.4 Å². The molecule has 308 valence electrons. The molecule has 6 heteroatoms. The molecule has 0 aliphatic heterocycles. The lowest BCUT2D eigenvalue weighted by Crippen LogP contribution is -2.30. The Morgan fingerprint density at radius 1 is 0.385 bits per heavy atom. The van der Waals surface area contributed by atoms with Crippen molar-refractivity contribution in [2.45, 2.75) is 259 Å². The zero-order valence-corrected chi connectivity index (χ0v) is 35.3. The zero-order chi connectivity index (χ0) is 38.2. The molecule has 0 bridgehead atoms. The lowest BCUT2D eigenvalue weighted by molar-refractivity contribution is -0.167. The van der Waals surface area contributed by atoms with Gasteiger partial charge >= 0.3 is 17.9 Å². The first kappa shape index (κ1) is 50.4. The zero-order valence-electron chi connectivity index (χ0n) is 35.3. The van der Waals surface area contributed by atoms with Crippen LogP contribution >= 0.6 is 0 Å². The third-order valence-corrected chi connectivity index (χ3v) is 10.7. The molecule has 0 radical (unpaired) electrons. The van der Waals surface area contributed by atoms with Crippen LogP contribution < -0.4 is 0 Å². The molecule has 0 N–H and O–H groups in total. The Hall–Kier alpha value is -1.59. The predicted octanol–water partition coefficient (Wildman–Crippen LogP) is 14.3. The standard InChI is InChI=1S/C46H88O6/c1-5-8-10-12-14-15-16-17-18-19-20-21-22-23-25-29-33-37-44(47)50-40-43(52-46(49)39-35-31-24-13-11-9-6-2)41-51-45(48)38-34-30-27-26-28-32-36-42(4)7-3/h42-43H,5-41H2,1-4H3/t42?,43-/m1/s1. The van der Waals surface area contributed by atoms with Crippen molar-refractivity contribution in [1.82, 2.24) is 0 Å². The Kier molecular flexibility index (Phi) is 39.4. The van der Waals surface area contributed by atoms with Crippen LogP contribution in [0.2, 0.25) is 0 Å². The highest BCUT2D eigenvalue weighted by molar-refractivity contribution is 5.71. The van der Waals surface area contributed by atoms with Crippen LogP contribution in [-0.2, 0) is 28.6 Å². The molecule has 0 saturated carbocycles. The SMILES string of the molecule is CCCCCCCCCCCCCCCCCCCC(=O)OC[C@H](COC(=O)CCCCCCCCC(C)CC)OC(=O)CCCCCCCCC. The van der Waals surface area contributed by atoms with Crippen LogP contribution in [0.3, 0.4) is 0 Å². The first-order chi connectivity index (χ1) is 25.4. The summed E-state index contributed by atoms with van der Waals surface area (Å²) in [5.74, 6) is -0.0494. The summed E-state index contributed by atoms with van der Waals surface area (Å²) in [4.78, 5) is 37.5. The lowest BCUT2D eigenvalue weighted by Gasteiger charge is -2.18. The molecule has 0 amide bonds. The van der Waals surface area contributed by atoms with Gasteiger partial charge in [0.1, 0.15) is 13.2 Å². The van der Waals surface area contributed by atoms with E-state index in [0.717, 1.165) is 63.7 Å². The molecule has 52 heavy (non-hydrogen) atoms. The molecule has 6 nitrogen and oxygen atoms in total. The Labute approximate surface area is 323 Å². The van der Waals surface area contributed by atoms with E-state index in [0.29, 0.717) is 19.3 Å². The van der Waals surface area contributed by atoms with Gasteiger partial charge in [-0.1, -0.05) is 214 Å². The molecule has 0 heterocycles. The van der Waals surface area contributed by atoms with E-state index < -0.39 is 6.10 Å². The van der Waals surface area contributed by atoms with Gasteiger partial charge in [-0.05, 0) is 25.2 Å². The second-order valence-corrected chi connectivity index (χ2v) is 15.9. The average molecular weight is 737 g/mol. The topological polar surface area (TPSA) is 78.9 Å². The molecular weight excluding hydrogens is 649 g/mol. The number of carbonyl (C=O) groups is 3. The van der Waals surface area contributed by atoms with E-state index >= 15 is 0 Å². The van der Waals surface area contributed by atoms with Gasteiger partial charge in [0.2, 0.25) is 0 Å². The minimum atomic E-state index is -0.758. The number of rotatable bonds is 41. The fourth-order valence-corrected chi connectivity index (χ4v) is 6.77. The number of unbranched alkanes of at least 4 members (excludes halogenated alkanes) is 27. The van der Waals surface area contributed by atoms with Gasteiger partial charge in [-0.25, -0.2) is 0 Å². The Bertz CT molecular complexity index is 783. The highest BCUT2D eigenvalue weighted by Crippen LogP contribution is 2.17. The van der Waals surface area contributed by atoms with E-state index in [-0.39, 0.29) is 31.1 Å². The molecule has 2 atom stereocenters. The Morgan fingerprint density at radius 3 is 1.00 bits per heavy atom. The number of carbonyl (C=O) groups excluding carboxylic acids is 3. The fourth-order valence-electron chi connectivity index (χ4n) is 6.77. The van der Waals surface area contributed by atoms with Crippen LogP contribution in [0.25, 0.3) is 0 Å². The minimum absolute atomic E-state index is 0.0650. The molecule has 0 saturated heterocycles.